The van der Waals surface area contributed by atoms with E-state index in [4.69, 9.17) is 0 Å². The maximum absolute atomic E-state index is 12.0. The Bertz CT molecular complexity index is 482. The van der Waals surface area contributed by atoms with E-state index in [1.807, 2.05) is 31.2 Å². The van der Waals surface area contributed by atoms with Gasteiger partial charge in [-0.3, -0.25) is 15.0 Å². The number of nitrogens with one attached hydrogen (secondary N) is 1. The molecular weight excluding hydrogens is 242 g/mol. The molecule has 0 aliphatic carbocycles. The van der Waals surface area contributed by atoms with Crippen molar-refractivity contribution >= 4 is 17.5 Å². The third-order valence-corrected chi connectivity index (χ3v) is 3.18. The SMILES string of the molecule is Cc1ccc(N2C[C@H](C(=O)NN(C)C)CC2=O)cc1. The summed E-state index contributed by atoms with van der Waals surface area (Å²) >= 11 is 0. The molecule has 0 bridgehead atoms. The summed E-state index contributed by atoms with van der Waals surface area (Å²) in [4.78, 5) is 25.6. The molecule has 0 aromatic heterocycles. The summed E-state index contributed by atoms with van der Waals surface area (Å²) in [6.07, 6.45) is 0.271. The molecule has 0 saturated carbocycles. The van der Waals surface area contributed by atoms with Gasteiger partial charge in [-0.25, -0.2) is 5.01 Å². The van der Waals surface area contributed by atoms with E-state index in [0.717, 1.165) is 11.3 Å². The molecular formula is C14H19N3O2. The predicted molar refractivity (Wildman–Crippen MR) is 73.5 cm³/mol. The van der Waals surface area contributed by atoms with E-state index in [2.05, 4.69) is 5.43 Å². The van der Waals surface area contributed by atoms with Crippen LogP contribution in [0.15, 0.2) is 24.3 Å². The fourth-order valence-corrected chi connectivity index (χ4v) is 2.17. The molecule has 102 valence electrons. The van der Waals surface area contributed by atoms with Gasteiger partial charge < -0.3 is 4.90 Å². The van der Waals surface area contributed by atoms with Crippen LogP contribution in [-0.4, -0.2) is 37.5 Å². The number of rotatable bonds is 3. The molecule has 1 aliphatic heterocycles. The van der Waals surface area contributed by atoms with E-state index in [1.165, 1.54) is 0 Å². The molecule has 2 rings (SSSR count). The Labute approximate surface area is 113 Å². The van der Waals surface area contributed by atoms with Crippen molar-refractivity contribution in [2.45, 2.75) is 13.3 Å². The Kier molecular flexibility index (Phi) is 3.85. The fourth-order valence-electron chi connectivity index (χ4n) is 2.17. The number of hydrazine groups is 1. The topological polar surface area (TPSA) is 52.7 Å². The Morgan fingerprint density at radius 3 is 2.53 bits per heavy atom. The molecule has 1 aromatic rings. The number of amides is 2. The van der Waals surface area contributed by atoms with Crippen LogP contribution >= 0.6 is 0 Å². The van der Waals surface area contributed by atoms with Crippen molar-refractivity contribution in [3.8, 4) is 0 Å². The number of carbonyl (C=O) groups is 2. The summed E-state index contributed by atoms with van der Waals surface area (Å²) in [5.74, 6) is -0.382. The maximum atomic E-state index is 12.0. The molecule has 1 atom stereocenters. The largest absolute Gasteiger partial charge is 0.312 e. The molecule has 0 spiro atoms. The average molecular weight is 261 g/mol. The van der Waals surface area contributed by atoms with E-state index in [0.29, 0.717) is 6.54 Å². The third-order valence-electron chi connectivity index (χ3n) is 3.18. The molecule has 5 heteroatoms. The van der Waals surface area contributed by atoms with Crippen molar-refractivity contribution < 1.29 is 9.59 Å². The molecule has 19 heavy (non-hydrogen) atoms. The molecule has 1 saturated heterocycles. The normalized spacial score (nSPS) is 19.1. The summed E-state index contributed by atoms with van der Waals surface area (Å²) in [5.41, 5.74) is 4.71. The number of anilines is 1. The van der Waals surface area contributed by atoms with Gasteiger partial charge in [-0.1, -0.05) is 17.7 Å². The minimum atomic E-state index is -0.281. The smallest absolute Gasteiger partial charge is 0.239 e. The second kappa shape index (κ2) is 5.40. The summed E-state index contributed by atoms with van der Waals surface area (Å²) in [7, 11) is 3.51. The molecule has 1 N–H and O–H groups in total. The molecule has 5 nitrogen and oxygen atoms in total. The van der Waals surface area contributed by atoms with Crippen LogP contribution in [0.1, 0.15) is 12.0 Å². The zero-order chi connectivity index (χ0) is 14.0. The van der Waals surface area contributed by atoms with Gasteiger partial charge in [0.05, 0.1) is 5.92 Å². The van der Waals surface area contributed by atoms with Crippen LogP contribution in [0, 0.1) is 12.8 Å². The number of hydrogen-bond donors (Lipinski definition) is 1. The molecule has 2 amide bonds. The highest BCUT2D eigenvalue weighted by atomic mass is 16.2. The van der Waals surface area contributed by atoms with Crippen LogP contribution in [0.4, 0.5) is 5.69 Å². The van der Waals surface area contributed by atoms with E-state index in [1.54, 1.807) is 24.0 Å². The molecule has 0 unspecified atom stereocenters. The molecule has 1 aromatic carbocycles. The minimum absolute atomic E-state index is 0.00255. The highest BCUT2D eigenvalue weighted by Gasteiger charge is 2.35. The standard InChI is InChI=1S/C14H19N3O2/c1-10-4-6-12(7-5-10)17-9-11(8-13(17)18)14(19)15-16(2)3/h4-7,11H,8-9H2,1-3H3,(H,15,19)/t11-/m1/s1. The van der Waals surface area contributed by atoms with Crippen molar-refractivity contribution in [2.24, 2.45) is 5.92 Å². The van der Waals surface area contributed by atoms with Gasteiger partial charge in [-0.2, -0.15) is 0 Å². The summed E-state index contributed by atoms with van der Waals surface area (Å²) in [6.45, 7) is 2.45. The number of aryl methyl sites for hydroxylation is 1. The maximum Gasteiger partial charge on any atom is 0.239 e. The minimum Gasteiger partial charge on any atom is -0.312 e. The van der Waals surface area contributed by atoms with E-state index in [9.17, 15) is 9.59 Å². The van der Waals surface area contributed by atoms with Crippen LogP contribution in [0.25, 0.3) is 0 Å². The van der Waals surface area contributed by atoms with Gasteiger partial charge in [0, 0.05) is 32.7 Å². The third kappa shape index (κ3) is 3.12. The lowest BCUT2D eigenvalue weighted by molar-refractivity contribution is -0.129. The Balaban J connectivity index is 2.07. The first-order valence-electron chi connectivity index (χ1n) is 6.32. The van der Waals surface area contributed by atoms with Gasteiger partial charge in [-0.05, 0) is 19.1 Å². The van der Waals surface area contributed by atoms with E-state index >= 15 is 0 Å². The van der Waals surface area contributed by atoms with Gasteiger partial charge in [0.2, 0.25) is 11.8 Å². The zero-order valence-corrected chi connectivity index (χ0v) is 11.5. The van der Waals surface area contributed by atoms with Gasteiger partial charge in [-0.15, -0.1) is 0 Å². The second-order valence-electron chi connectivity index (χ2n) is 5.11. The van der Waals surface area contributed by atoms with Crippen molar-refractivity contribution in [3.63, 3.8) is 0 Å². The molecule has 1 aliphatic rings. The quantitative estimate of drug-likeness (QED) is 0.824. The highest BCUT2D eigenvalue weighted by Crippen LogP contribution is 2.25. The van der Waals surface area contributed by atoms with Crippen molar-refractivity contribution in [1.82, 2.24) is 10.4 Å². The lowest BCUT2D eigenvalue weighted by atomic mass is 10.1. The van der Waals surface area contributed by atoms with Gasteiger partial charge in [0.25, 0.3) is 0 Å². The number of nitrogens with zero attached hydrogens (tertiary/aromatic N) is 2. The average Bonchev–Trinajstić information content (AvgIpc) is 2.72. The number of benzene rings is 1. The highest BCUT2D eigenvalue weighted by molar-refractivity contribution is 6.00. The van der Waals surface area contributed by atoms with Crippen LogP contribution in [-0.2, 0) is 9.59 Å². The van der Waals surface area contributed by atoms with Crippen LogP contribution < -0.4 is 10.3 Å². The summed E-state index contributed by atoms with van der Waals surface area (Å²) < 4.78 is 0. The fraction of sp³-hybridized carbons (Fsp3) is 0.429. The number of carbonyl (C=O) groups excluding carboxylic acids is 2. The Morgan fingerprint density at radius 1 is 1.32 bits per heavy atom. The number of hydrogen-bond acceptors (Lipinski definition) is 3. The first-order valence-corrected chi connectivity index (χ1v) is 6.32. The lowest BCUT2D eigenvalue weighted by Gasteiger charge is -2.18. The van der Waals surface area contributed by atoms with Crippen LogP contribution in [0.5, 0.6) is 0 Å². The van der Waals surface area contributed by atoms with Gasteiger partial charge >= 0.3 is 0 Å². The lowest BCUT2D eigenvalue weighted by Crippen LogP contribution is -2.41. The predicted octanol–water partition coefficient (Wildman–Crippen LogP) is 0.941. The Morgan fingerprint density at radius 2 is 1.95 bits per heavy atom. The van der Waals surface area contributed by atoms with Crippen LogP contribution in [0.2, 0.25) is 0 Å². The van der Waals surface area contributed by atoms with Crippen molar-refractivity contribution in [2.75, 3.05) is 25.5 Å². The van der Waals surface area contributed by atoms with Gasteiger partial charge in [0.15, 0.2) is 0 Å². The first kappa shape index (κ1) is 13.5. The summed E-state index contributed by atoms with van der Waals surface area (Å²) in [5, 5.41) is 1.60. The monoisotopic (exact) mass is 261 g/mol. The van der Waals surface area contributed by atoms with Gasteiger partial charge in [0.1, 0.15) is 0 Å². The molecule has 0 radical (unpaired) electrons. The first-order chi connectivity index (χ1) is 8.97. The Hall–Kier alpha value is -1.88. The van der Waals surface area contributed by atoms with E-state index < -0.39 is 0 Å². The zero-order valence-electron chi connectivity index (χ0n) is 11.5. The van der Waals surface area contributed by atoms with Crippen molar-refractivity contribution in [1.29, 1.82) is 0 Å². The molecule has 1 heterocycles. The van der Waals surface area contributed by atoms with Crippen LogP contribution in [0.3, 0.4) is 0 Å². The van der Waals surface area contributed by atoms with E-state index in [-0.39, 0.29) is 24.2 Å². The molecule has 1 fully saturated rings. The second-order valence-corrected chi connectivity index (χ2v) is 5.11. The van der Waals surface area contributed by atoms with Crippen molar-refractivity contribution in [3.05, 3.63) is 29.8 Å². The summed E-state index contributed by atoms with van der Waals surface area (Å²) in [6, 6.07) is 7.77.